The van der Waals surface area contributed by atoms with E-state index in [9.17, 15) is 18.4 Å². The Morgan fingerprint density at radius 2 is 2.07 bits per heavy atom. The number of carbonyl (C=O) groups is 2. The monoisotopic (exact) mass is 210 g/mol. The molecule has 0 bridgehead atoms. The number of hydrogen-bond acceptors (Lipinski definition) is 4. The van der Waals surface area contributed by atoms with Crippen LogP contribution in [-0.4, -0.2) is 31.1 Å². The number of ether oxygens (including phenoxy) is 2. The summed E-state index contributed by atoms with van der Waals surface area (Å²) < 4.78 is 34.4. The van der Waals surface area contributed by atoms with E-state index in [2.05, 4.69) is 9.47 Å². The fourth-order valence-corrected chi connectivity index (χ4v) is 0.864. The first-order chi connectivity index (χ1) is 6.50. The van der Waals surface area contributed by atoms with Gasteiger partial charge in [0.05, 0.1) is 6.61 Å². The zero-order valence-electron chi connectivity index (χ0n) is 7.96. The normalized spacial score (nSPS) is 13.1. The maximum Gasteiger partial charge on any atom is 0.381 e. The minimum atomic E-state index is -3.79. The van der Waals surface area contributed by atoms with Crippen LogP contribution in [-0.2, 0) is 19.1 Å². The molecule has 0 N–H and O–H groups in total. The molecule has 4 nitrogen and oxygen atoms in total. The molecule has 1 unspecified atom stereocenters. The van der Waals surface area contributed by atoms with Crippen LogP contribution in [0.5, 0.6) is 0 Å². The van der Waals surface area contributed by atoms with Gasteiger partial charge in [-0.3, -0.25) is 4.79 Å². The standard InChI is InChI=1S/C8H12F2O4/c1-3-6(14-5-11)8(9,10)7(12)13-4-2/h5-6H,3-4H2,1-2H3. The van der Waals surface area contributed by atoms with Crippen molar-refractivity contribution >= 4 is 12.4 Å². The molecule has 0 aliphatic rings. The van der Waals surface area contributed by atoms with Crippen LogP contribution < -0.4 is 0 Å². The largest absolute Gasteiger partial charge is 0.461 e. The summed E-state index contributed by atoms with van der Waals surface area (Å²) in [6.07, 6.45) is -1.93. The summed E-state index contributed by atoms with van der Waals surface area (Å²) in [4.78, 5) is 20.7. The van der Waals surface area contributed by atoms with Crippen molar-refractivity contribution in [3.63, 3.8) is 0 Å². The molecule has 0 rings (SSSR count). The molecule has 0 radical (unpaired) electrons. The third-order valence-corrected chi connectivity index (χ3v) is 1.54. The molecule has 0 spiro atoms. The van der Waals surface area contributed by atoms with E-state index in [0.29, 0.717) is 0 Å². The van der Waals surface area contributed by atoms with Crippen LogP contribution in [0.15, 0.2) is 0 Å². The molecule has 0 aromatic rings. The van der Waals surface area contributed by atoms with Crippen molar-refractivity contribution < 1.29 is 27.8 Å². The second kappa shape index (κ2) is 5.51. The Morgan fingerprint density at radius 1 is 1.50 bits per heavy atom. The lowest BCUT2D eigenvalue weighted by Crippen LogP contribution is -2.43. The van der Waals surface area contributed by atoms with Crippen molar-refractivity contribution in [2.24, 2.45) is 0 Å². The van der Waals surface area contributed by atoms with Gasteiger partial charge in [0.15, 0.2) is 6.10 Å². The van der Waals surface area contributed by atoms with Crippen LogP contribution in [0.1, 0.15) is 20.3 Å². The lowest BCUT2D eigenvalue weighted by molar-refractivity contribution is -0.193. The quantitative estimate of drug-likeness (QED) is 0.487. The molecule has 0 aromatic heterocycles. The average molecular weight is 210 g/mol. The topological polar surface area (TPSA) is 52.6 Å². The summed E-state index contributed by atoms with van der Waals surface area (Å²) in [5, 5.41) is 0. The lowest BCUT2D eigenvalue weighted by Gasteiger charge is -2.21. The lowest BCUT2D eigenvalue weighted by atomic mass is 10.1. The first-order valence-electron chi connectivity index (χ1n) is 4.14. The fraction of sp³-hybridized carbons (Fsp3) is 0.750. The average Bonchev–Trinajstić information content (AvgIpc) is 2.14. The van der Waals surface area contributed by atoms with Gasteiger partial charge in [-0.05, 0) is 13.3 Å². The van der Waals surface area contributed by atoms with E-state index >= 15 is 0 Å². The molecule has 0 fully saturated rings. The van der Waals surface area contributed by atoms with E-state index in [1.54, 1.807) is 0 Å². The number of halogens is 2. The Bertz CT molecular complexity index is 206. The molecule has 0 saturated carbocycles. The maximum atomic E-state index is 13.1. The molecular formula is C8H12F2O4. The molecule has 0 heterocycles. The number of rotatable bonds is 6. The summed E-state index contributed by atoms with van der Waals surface area (Å²) in [6.45, 7) is 2.53. The molecule has 0 saturated heterocycles. The summed E-state index contributed by atoms with van der Waals surface area (Å²) in [5.74, 6) is -5.46. The van der Waals surface area contributed by atoms with Crippen molar-refractivity contribution in [2.75, 3.05) is 6.61 Å². The van der Waals surface area contributed by atoms with E-state index in [4.69, 9.17) is 0 Å². The van der Waals surface area contributed by atoms with Gasteiger partial charge in [-0.2, -0.15) is 8.78 Å². The number of esters is 1. The number of hydrogen-bond donors (Lipinski definition) is 0. The van der Waals surface area contributed by atoms with E-state index in [1.807, 2.05) is 0 Å². The third-order valence-electron chi connectivity index (χ3n) is 1.54. The molecule has 14 heavy (non-hydrogen) atoms. The van der Waals surface area contributed by atoms with Gasteiger partial charge in [0.2, 0.25) is 0 Å². The minimum Gasteiger partial charge on any atom is -0.461 e. The second-order valence-corrected chi connectivity index (χ2v) is 2.47. The predicted molar refractivity (Wildman–Crippen MR) is 42.8 cm³/mol. The Morgan fingerprint density at radius 3 is 2.43 bits per heavy atom. The van der Waals surface area contributed by atoms with Gasteiger partial charge in [-0.15, -0.1) is 0 Å². The molecule has 0 amide bonds. The summed E-state index contributed by atoms with van der Waals surface area (Å²) in [5.41, 5.74) is 0. The maximum absolute atomic E-state index is 13.1. The Hall–Kier alpha value is -1.20. The number of carbonyl (C=O) groups excluding carboxylic acids is 2. The molecular weight excluding hydrogens is 198 g/mol. The molecule has 1 atom stereocenters. The van der Waals surface area contributed by atoms with Gasteiger partial charge in [0.1, 0.15) is 0 Å². The van der Waals surface area contributed by atoms with Crippen LogP contribution in [0.2, 0.25) is 0 Å². The highest BCUT2D eigenvalue weighted by Gasteiger charge is 2.49. The zero-order valence-corrected chi connectivity index (χ0v) is 7.96. The van der Waals surface area contributed by atoms with E-state index < -0.39 is 18.0 Å². The van der Waals surface area contributed by atoms with Gasteiger partial charge < -0.3 is 9.47 Å². The highest BCUT2D eigenvalue weighted by Crippen LogP contribution is 2.25. The molecule has 0 aliphatic carbocycles. The van der Waals surface area contributed by atoms with Gasteiger partial charge in [-0.25, -0.2) is 4.79 Å². The fourth-order valence-electron chi connectivity index (χ4n) is 0.864. The van der Waals surface area contributed by atoms with Crippen LogP contribution in [0.3, 0.4) is 0 Å². The summed E-state index contributed by atoms with van der Waals surface area (Å²) in [6, 6.07) is 0. The van der Waals surface area contributed by atoms with Crippen molar-refractivity contribution in [1.82, 2.24) is 0 Å². The SMILES string of the molecule is CCOC(=O)C(F)(F)C(CC)OC=O. The highest BCUT2D eigenvalue weighted by atomic mass is 19.3. The Kier molecular flexibility index (Phi) is 5.04. The number of alkyl halides is 2. The Balaban J connectivity index is 4.53. The van der Waals surface area contributed by atoms with Crippen molar-refractivity contribution in [3.8, 4) is 0 Å². The summed E-state index contributed by atoms with van der Waals surface area (Å²) >= 11 is 0. The molecule has 6 heteroatoms. The van der Waals surface area contributed by atoms with E-state index in [-0.39, 0.29) is 19.5 Å². The van der Waals surface area contributed by atoms with Crippen LogP contribution >= 0.6 is 0 Å². The smallest absolute Gasteiger partial charge is 0.381 e. The highest BCUT2D eigenvalue weighted by molar-refractivity contribution is 5.78. The zero-order chi connectivity index (χ0) is 11.2. The van der Waals surface area contributed by atoms with Gasteiger partial charge in [-0.1, -0.05) is 6.92 Å². The van der Waals surface area contributed by atoms with Crippen molar-refractivity contribution in [3.05, 3.63) is 0 Å². The van der Waals surface area contributed by atoms with Crippen LogP contribution in [0.25, 0.3) is 0 Å². The van der Waals surface area contributed by atoms with Gasteiger partial charge >= 0.3 is 11.9 Å². The first kappa shape index (κ1) is 12.8. The minimum absolute atomic E-state index is 0.110. The van der Waals surface area contributed by atoms with Crippen LogP contribution in [0.4, 0.5) is 8.78 Å². The molecule has 82 valence electrons. The van der Waals surface area contributed by atoms with Crippen LogP contribution in [0, 0.1) is 0 Å². The molecule has 0 aromatic carbocycles. The van der Waals surface area contributed by atoms with E-state index in [1.165, 1.54) is 13.8 Å². The first-order valence-corrected chi connectivity index (χ1v) is 4.14. The van der Waals surface area contributed by atoms with Crippen molar-refractivity contribution in [1.29, 1.82) is 0 Å². The molecule has 0 aliphatic heterocycles. The third kappa shape index (κ3) is 2.93. The van der Waals surface area contributed by atoms with E-state index in [0.717, 1.165) is 0 Å². The second-order valence-electron chi connectivity index (χ2n) is 2.47. The Labute approximate surface area is 80.2 Å². The summed E-state index contributed by atoms with van der Waals surface area (Å²) in [7, 11) is 0. The van der Waals surface area contributed by atoms with Gasteiger partial charge in [0, 0.05) is 0 Å². The predicted octanol–water partition coefficient (Wildman–Crippen LogP) is 1.14. The van der Waals surface area contributed by atoms with Gasteiger partial charge in [0.25, 0.3) is 6.47 Å². The van der Waals surface area contributed by atoms with Crippen molar-refractivity contribution in [2.45, 2.75) is 32.3 Å².